The number of nitro benzene ring substituents is 1. The Morgan fingerprint density at radius 1 is 1.52 bits per heavy atom. The molecule has 1 aromatic rings. The number of carboxylic acid groups (broad SMARTS) is 1. The van der Waals surface area contributed by atoms with Gasteiger partial charge in [0.2, 0.25) is 0 Å². The molecule has 7 heteroatoms. The van der Waals surface area contributed by atoms with Crippen LogP contribution in [0.15, 0.2) is 24.3 Å². The third-order valence-electron chi connectivity index (χ3n) is 3.54. The number of likely N-dealkylation sites (N-methyl/N-ethyl adjacent to an activating group) is 1. The van der Waals surface area contributed by atoms with Crippen molar-refractivity contribution in [3.8, 4) is 5.75 Å². The molecule has 0 saturated carbocycles. The van der Waals surface area contributed by atoms with Crippen molar-refractivity contribution in [3.63, 3.8) is 0 Å². The molecule has 0 radical (unpaired) electrons. The van der Waals surface area contributed by atoms with E-state index in [2.05, 4.69) is 5.32 Å². The fourth-order valence-electron chi connectivity index (χ4n) is 2.09. The Bertz CT molecular complexity index is 500. The van der Waals surface area contributed by atoms with Gasteiger partial charge in [-0.1, -0.05) is 13.0 Å². The third-order valence-corrected chi connectivity index (χ3v) is 3.54. The maximum atomic E-state index is 11.3. The van der Waals surface area contributed by atoms with Crippen LogP contribution in [0.1, 0.15) is 26.2 Å². The third kappa shape index (κ3) is 4.42. The molecule has 0 aliphatic carbocycles. The number of benzene rings is 1. The summed E-state index contributed by atoms with van der Waals surface area (Å²) in [7, 11) is 1.62. The molecule has 1 aromatic carbocycles. The van der Waals surface area contributed by atoms with Gasteiger partial charge in [0.05, 0.1) is 17.6 Å². The molecule has 0 aliphatic heterocycles. The van der Waals surface area contributed by atoms with Crippen LogP contribution in [0.3, 0.4) is 0 Å². The highest BCUT2D eigenvalue weighted by Gasteiger charge is 2.34. The number of nitrogens with zero attached hydrogens (tertiary/aromatic N) is 1. The van der Waals surface area contributed by atoms with Crippen LogP contribution in [0.5, 0.6) is 5.75 Å². The van der Waals surface area contributed by atoms with Crippen LogP contribution in [0.25, 0.3) is 0 Å². The fraction of sp³-hybridized carbons (Fsp3) is 0.500. The molecule has 0 spiro atoms. The number of aliphatic carboxylic acids is 1. The van der Waals surface area contributed by atoms with Gasteiger partial charge in [-0.05, 0) is 32.4 Å². The van der Waals surface area contributed by atoms with Gasteiger partial charge in [-0.15, -0.1) is 0 Å². The maximum Gasteiger partial charge on any atom is 0.323 e. The molecule has 0 heterocycles. The Morgan fingerprint density at radius 3 is 2.76 bits per heavy atom. The molecule has 1 atom stereocenters. The van der Waals surface area contributed by atoms with Gasteiger partial charge in [-0.3, -0.25) is 14.9 Å². The first-order valence-corrected chi connectivity index (χ1v) is 6.74. The van der Waals surface area contributed by atoms with Gasteiger partial charge in [-0.2, -0.15) is 0 Å². The number of carboxylic acids is 1. The predicted octanol–water partition coefficient (Wildman–Crippen LogP) is 2.21. The summed E-state index contributed by atoms with van der Waals surface area (Å²) in [5, 5.41) is 22.7. The minimum absolute atomic E-state index is 0.0313. The van der Waals surface area contributed by atoms with E-state index in [4.69, 9.17) is 4.74 Å². The van der Waals surface area contributed by atoms with Crippen molar-refractivity contribution in [3.05, 3.63) is 34.4 Å². The topological polar surface area (TPSA) is 102 Å². The van der Waals surface area contributed by atoms with Crippen LogP contribution >= 0.6 is 0 Å². The van der Waals surface area contributed by atoms with Gasteiger partial charge in [0.25, 0.3) is 5.69 Å². The van der Waals surface area contributed by atoms with E-state index in [9.17, 15) is 20.0 Å². The van der Waals surface area contributed by atoms with Crippen LogP contribution in [0.4, 0.5) is 5.69 Å². The van der Waals surface area contributed by atoms with Crippen LogP contribution in [0.2, 0.25) is 0 Å². The Hall–Kier alpha value is -2.15. The van der Waals surface area contributed by atoms with E-state index in [1.165, 1.54) is 12.1 Å². The van der Waals surface area contributed by atoms with Gasteiger partial charge in [-0.25, -0.2) is 0 Å². The van der Waals surface area contributed by atoms with E-state index >= 15 is 0 Å². The van der Waals surface area contributed by atoms with E-state index in [1.807, 2.05) is 6.92 Å². The minimum atomic E-state index is -0.952. The largest absolute Gasteiger partial charge is 0.493 e. The van der Waals surface area contributed by atoms with Gasteiger partial charge in [0.15, 0.2) is 0 Å². The van der Waals surface area contributed by atoms with Crippen LogP contribution < -0.4 is 10.1 Å². The normalized spacial score (nSPS) is 13.4. The Kier molecular flexibility index (Phi) is 6.10. The summed E-state index contributed by atoms with van der Waals surface area (Å²) in [6.45, 7) is 2.11. The van der Waals surface area contributed by atoms with Gasteiger partial charge in [0.1, 0.15) is 11.3 Å². The van der Waals surface area contributed by atoms with E-state index in [1.54, 1.807) is 19.2 Å². The lowest BCUT2D eigenvalue weighted by molar-refractivity contribution is -0.384. The second kappa shape index (κ2) is 7.58. The zero-order valence-corrected chi connectivity index (χ0v) is 12.2. The smallest absolute Gasteiger partial charge is 0.323 e. The number of nitro groups is 1. The van der Waals surface area contributed by atoms with Crippen LogP contribution in [-0.4, -0.2) is 35.2 Å². The SMILES string of the molecule is CCC(CCCOc1cccc([N+](=O)[O-])c1)(NC)C(=O)O. The number of rotatable bonds is 9. The summed E-state index contributed by atoms with van der Waals surface area (Å²) in [5.41, 5.74) is -0.984. The minimum Gasteiger partial charge on any atom is -0.493 e. The first-order valence-electron chi connectivity index (χ1n) is 6.74. The molecule has 0 aliphatic rings. The Labute approximate surface area is 123 Å². The molecular weight excluding hydrogens is 276 g/mol. The van der Waals surface area contributed by atoms with E-state index in [0.717, 1.165) is 0 Å². The lowest BCUT2D eigenvalue weighted by Gasteiger charge is -2.27. The molecule has 1 unspecified atom stereocenters. The van der Waals surface area contributed by atoms with Crippen molar-refractivity contribution in [2.24, 2.45) is 0 Å². The second-order valence-electron chi connectivity index (χ2n) is 4.70. The molecule has 21 heavy (non-hydrogen) atoms. The van der Waals surface area contributed by atoms with Crippen molar-refractivity contribution in [1.29, 1.82) is 0 Å². The molecule has 1 rings (SSSR count). The predicted molar refractivity (Wildman–Crippen MR) is 77.5 cm³/mol. The molecule has 2 N–H and O–H groups in total. The lowest BCUT2D eigenvalue weighted by atomic mass is 9.91. The number of carbonyl (C=O) groups is 1. The average Bonchev–Trinajstić information content (AvgIpc) is 2.48. The highest BCUT2D eigenvalue weighted by molar-refractivity contribution is 5.78. The highest BCUT2D eigenvalue weighted by Crippen LogP contribution is 2.21. The standard InChI is InChI=1S/C14H20N2O5/c1-3-14(15-2,13(17)18)8-5-9-21-12-7-4-6-11(10-12)16(19)20/h4,6-7,10,15H,3,5,8-9H2,1-2H3,(H,17,18). The molecule has 0 bridgehead atoms. The lowest BCUT2D eigenvalue weighted by Crippen LogP contribution is -2.50. The van der Waals surface area contributed by atoms with Crippen LogP contribution in [0, 0.1) is 10.1 Å². The maximum absolute atomic E-state index is 11.3. The van der Waals surface area contributed by atoms with Gasteiger partial charge < -0.3 is 15.2 Å². The number of non-ortho nitro benzene ring substituents is 1. The molecule has 0 amide bonds. The van der Waals surface area contributed by atoms with Crippen molar-refractivity contribution in [2.45, 2.75) is 31.7 Å². The average molecular weight is 296 g/mol. The van der Waals surface area contributed by atoms with Gasteiger partial charge in [0, 0.05) is 6.07 Å². The Morgan fingerprint density at radius 2 is 2.24 bits per heavy atom. The molecule has 0 saturated heterocycles. The zero-order valence-electron chi connectivity index (χ0n) is 12.2. The van der Waals surface area contributed by atoms with E-state index < -0.39 is 16.4 Å². The molecule has 7 nitrogen and oxygen atoms in total. The molecular formula is C14H20N2O5. The first kappa shape index (κ1) is 16.9. The molecule has 0 aromatic heterocycles. The summed E-state index contributed by atoms with van der Waals surface area (Å²) >= 11 is 0. The molecule has 0 fully saturated rings. The van der Waals surface area contributed by atoms with E-state index in [-0.39, 0.29) is 5.69 Å². The van der Waals surface area contributed by atoms with Crippen molar-refractivity contribution in [2.75, 3.05) is 13.7 Å². The summed E-state index contributed by atoms with van der Waals surface area (Å²) in [4.78, 5) is 21.4. The van der Waals surface area contributed by atoms with Crippen molar-refractivity contribution in [1.82, 2.24) is 5.32 Å². The number of ether oxygens (including phenoxy) is 1. The second-order valence-corrected chi connectivity index (χ2v) is 4.70. The first-order chi connectivity index (χ1) is 9.95. The highest BCUT2D eigenvalue weighted by atomic mass is 16.6. The van der Waals surface area contributed by atoms with Crippen molar-refractivity contribution >= 4 is 11.7 Å². The summed E-state index contributed by atoms with van der Waals surface area (Å²) < 4.78 is 5.44. The summed E-state index contributed by atoms with van der Waals surface area (Å²) in [6.07, 6.45) is 1.42. The zero-order chi connectivity index (χ0) is 15.9. The summed E-state index contributed by atoms with van der Waals surface area (Å²) in [6, 6.07) is 5.92. The quantitative estimate of drug-likeness (QED) is 0.411. The summed E-state index contributed by atoms with van der Waals surface area (Å²) in [5.74, 6) is -0.478. The van der Waals surface area contributed by atoms with Gasteiger partial charge >= 0.3 is 5.97 Å². The monoisotopic (exact) mass is 296 g/mol. The Balaban J connectivity index is 2.52. The fourth-order valence-corrected chi connectivity index (χ4v) is 2.09. The molecule has 116 valence electrons. The van der Waals surface area contributed by atoms with Crippen LogP contribution in [-0.2, 0) is 4.79 Å². The van der Waals surface area contributed by atoms with E-state index in [0.29, 0.717) is 31.6 Å². The van der Waals surface area contributed by atoms with Crippen molar-refractivity contribution < 1.29 is 19.6 Å². The number of nitrogens with one attached hydrogen (secondary N) is 1. The number of hydrogen-bond acceptors (Lipinski definition) is 5. The number of hydrogen-bond donors (Lipinski definition) is 2.